The van der Waals surface area contributed by atoms with E-state index in [1.807, 2.05) is 12.1 Å². The Balaban J connectivity index is 2.42. The average molecular weight is 308 g/mol. The van der Waals surface area contributed by atoms with Crippen molar-refractivity contribution in [1.29, 1.82) is 0 Å². The summed E-state index contributed by atoms with van der Waals surface area (Å²) in [5.74, 6) is 0. The van der Waals surface area contributed by atoms with Crippen molar-refractivity contribution in [3.05, 3.63) is 33.8 Å². The van der Waals surface area contributed by atoms with Gasteiger partial charge in [-0.2, -0.15) is 0 Å². The highest BCUT2D eigenvalue weighted by molar-refractivity contribution is 9.09. The van der Waals surface area contributed by atoms with Crippen LogP contribution < -0.4 is 0 Å². The Hall–Kier alpha value is 0.280. The number of rotatable bonds is 2. The van der Waals surface area contributed by atoms with Crippen LogP contribution in [0.2, 0.25) is 10.0 Å². The maximum atomic E-state index is 6.27. The largest absolute Gasteiger partial charge is 0.0918 e. The number of benzene rings is 1. The fourth-order valence-electron chi connectivity index (χ4n) is 2.45. The van der Waals surface area contributed by atoms with Crippen LogP contribution in [-0.4, -0.2) is 5.33 Å². The second kappa shape index (κ2) is 4.65. The molecular weight excluding hydrogens is 295 g/mol. The molecular formula is C12H13BrCl2. The molecule has 0 nitrogen and oxygen atoms in total. The number of halogens is 3. The van der Waals surface area contributed by atoms with Gasteiger partial charge < -0.3 is 0 Å². The first kappa shape index (κ1) is 11.8. The molecule has 0 unspecified atom stereocenters. The van der Waals surface area contributed by atoms with Gasteiger partial charge in [-0.25, -0.2) is 0 Å². The second-order valence-corrected chi connectivity index (χ2v) is 5.65. The smallest absolute Gasteiger partial charge is 0.0458 e. The summed E-state index contributed by atoms with van der Waals surface area (Å²) in [7, 11) is 0. The van der Waals surface area contributed by atoms with Crippen LogP contribution in [0.4, 0.5) is 0 Å². The topological polar surface area (TPSA) is 0 Å². The summed E-state index contributed by atoms with van der Waals surface area (Å²) in [6, 6.07) is 5.86. The summed E-state index contributed by atoms with van der Waals surface area (Å²) in [6.07, 6.45) is 5.04. The minimum atomic E-state index is 0.238. The SMILES string of the molecule is Clc1ccc(C2(CBr)CCCC2)c(Cl)c1. The molecule has 0 atom stereocenters. The van der Waals surface area contributed by atoms with Gasteiger partial charge in [0.15, 0.2) is 0 Å². The lowest BCUT2D eigenvalue weighted by atomic mass is 9.81. The molecule has 1 aromatic rings. The quantitative estimate of drug-likeness (QED) is 0.659. The highest BCUT2D eigenvalue weighted by atomic mass is 79.9. The van der Waals surface area contributed by atoms with Crippen LogP contribution in [0, 0.1) is 0 Å². The van der Waals surface area contributed by atoms with E-state index in [0.29, 0.717) is 5.02 Å². The number of hydrogen-bond acceptors (Lipinski definition) is 0. The highest BCUT2D eigenvalue weighted by Gasteiger charge is 2.35. The van der Waals surface area contributed by atoms with Gasteiger partial charge in [-0.1, -0.05) is 58.0 Å². The van der Waals surface area contributed by atoms with E-state index in [9.17, 15) is 0 Å². The van der Waals surface area contributed by atoms with Gasteiger partial charge in [0.2, 0.25) is 0 Å². The minimum Gasteiger partial charge on any atom is -0.0918 e. The van der Waals surface area contributed by atoms with Gasteiger partial charge in [-0.05, 0) is 30.5 Å². The van der Waals surface area contributed by atoms with Crippen LogP contribution in [0.3, 0.4) is 0 Å². The molecule has 2 rings (SSSR count). The fourth-order valence-corrected chi connectivity index (χ4v) is 3.92. The Bertz CT molecular complexity index is 357. The van der Waals surface area contributed by atoms with Gasteiger partial charge in [0.1, 0.15) is 0 Å². The molecule has 0 radical (unpaired) electrons. The summed E-state index contributed by atoms with van der Waals surface area (Å²) in [4.78, 5) is 0. The molecule has 0 aliphatic heterocycles. The van der Waals surface area contributed by atoms with Crippen molar-refractivity contribution < 1.29 is 0 Å². The predicted octanol–water partition coefficient (Wildman–Crippen LogP) is 5.20. The van der Waals surface area contributed by atoms with E-state index in [2.05, 4.69) is 22.0 Å². The van der Waals surface area contributed by atoms with Crippen molar-refractivity contribution in [3.8, 4) is 0 Å². The lowest BCUT2D eigenvalue weighted by Crippen LogP contribution is -2.24. The normalized spacial score (nSPS) is 19.4. The van der Waals surface area contributed by atoms with E-state index < -0.39 is 0 Å². The zero-order valence-electron chi connectivity index (χ0n) is 8.40. The van der Waals surface area contributed by atoms with Crippen molar-refractivity contribution >= 4 is 39.1 Å². The highest BCUT2D eigenvalue weighted by Crippen LogP contribution is 2.45. The molecule has 3 heteroatoms. The monoisotopic (exact) mass is 306 g/mol. The molecule has 0 amide bonds. The van der Waals surface area contributed by atoms with Crippen LogP contribution >= 0.6 is 39.1 Å². The third-order valence-electron chi connectivity index (χ3n) is 3.32. The number of alkyl halides is 1. The average Bonchev–Trinajstić information content (AvgIpc) is 2.67. The van der Waals surface area contributed by atoms with Gasteiger partial charge in [0, 0.05) is 20.8 Å². The summed E-state index contributed by atoms with van der Waals surface area (Å²) >= 11 is 15.8. The van der Waals surface area contributed by atoms with E-state index in [0.717, 1.165) is 10.4 Å². The maximum absolute atomic E-state index is 6.27. The lowest BCUT2D eigenvalue weighted by molar-refractivity contribution is 0.505. The molecule has 0 aromatic heterocycles. The Morgan fingerprint density at radius 2 is 1.87 bits per heavy atom. The lowest BCUT2D eigenvalue weighted by Gasteiger charge is -2.28. The fraction of sp³-hybridized carbons (Fsp3) is 0.500. The van der Waals surface area contributed by atoms with Gasteiger partial charge in [0.25, 0.3) is 0 Å². The van der Waals surface area contributed by atoms with Crippen molar-refractivity contribution in [2.24, 2.45) is 0 Å². The van der Waals surface area contributed by atoms with E-state index in [1.165, 1.54) is 31.2 Å². The molecule has 0 bridgehead atoms. The Labute approximate surface area is 109 Å². The van der Waals surface area contributed by atoms with Gasteiger partial charge in [-0.3, -0.25) is 0 Å². The molecule has 1 saturated carbocycles. The molecule has 0 spiro atoms. The molecule has 1 aliphatic rings. The van der Waals surface area contributed by atoms with Crippen LogP contribution in [0.1, 0.15) is 31.2 Å². The molecule has 82 valence electrons. The first-order chi connectivity index (χ1) is 7.18. The molecule has 0 saturated heterocycles. The molecule has 0 N–H and O–H groups in total. The van der Waals surface area contributed by atoms with Gasteiger partial charge in [0.05, 0.1) is 0 Å². The van der Waals surface area contributed by atoms with Gasteiger partial charge in [-0.15, -0.1) is 0 Å². The molecule has 1 aromatic carbocycles. The minimum absolute atomic E-state index is 0.238. The Morgan fingerprint density at radius 3 is 2.40 bits per heavy atom. The molecule has 1 aliphatic carbocycles. The second-order valence-electron chi connectivity index (χ2n) is 4.25. The van der Waals surface area contributed by atoms with E-state index in [4.69, 9.17) is 23.2 Å². The first-order valence-corrected chi connectivity index (χ1v) is 7.07. The van der Waals surface area contributed by atoms with Crippen molar-refractivity contribution in [2.45, 2.75) is 31.1 Å². The maximum Gasteiger partial charge on any atom is 0.0458 e. The zero-order chi connectivity index (χ0) is 10.9. The van der Waals surface area contributed by atoms with Crippen LogP contribution in [0.5, 0.6) is 0 Å². The predicted molar refractivity (Wildman–Crippen MR) is 70.4 cm³/mol. The van der Waals surface area contributed by atoms with Crippen molar-refractivity contribution in [1.82, 2.24) is 0 Å². The standard InChI is InChI=1S/C12H13BrCl2/c13-8-12(5-1-2-6-12)10-4-3-9(14)7-11(10)15/h3-4,7H,1-2,5-6,8H2. The summed E-state index contributed by atoms with van der Waals surface area (Å²) < 4.78 is 0. The van der Waals surface area contributed by atoms with Crippen molar-refractivity contribution in [3.63, 3.8) is 0 Å². The van der Waals surface area contributed by atoms with Crippen molar-refractivity contribution in [2.75, 3.05) is 5.33 Å². The third kappa shape index (κ3) is 2.20. The van der Waals surface area contributed by atoms with E-state index in [-0.39, 0.29) is 5.41 Å². The zero-order valence-corrected chi connectivity index (χ0v) is 11.5. The van der Waals surface area contributed by atoms with Crippen LogP contribution in [0.15, 0.2) is 18.2 Å². The first-order valence-electron chi connectivity index (χ1n) is 5.19. The Morgan fingerprint density at radius 1 is 1.20 bits per heavy atom. The van der Waals surface area contributed by atoms with E-state index >= 15 is 0 Å². The third-order valence-corrected chi connectivity index (χ3v) is 4.94. The number of hydrogen-bond donors (Lipinski definition) is 0. The van der Waals surface area contributed by atoms with E-state index in [1.54, 1.807) is 0 Å². The van der Waals surface area contributed by atoms with Crippen LogP contribution in [-0.2, 0) is 5.41 Å². The summed E-state index contributed by atoms with van der Waals surface area (Å²) in [5.41, 5.74) is 1.49. The van der Waals surface area contributed by atoms with Crippen LogP contribution in [0.25, 0.3) is 0 Å². The molecule has 0 heterocycles. The summed E-state index contributed by atoms with van der Waals surface area (Å²) in [6.45, 7) is 0. The molecule has 15 heavy (non-hydrogen) atoms. The Kier molecular flexibility index (Phi) is 3.64. The summed E-state index contributed by atoms with van der Waals surface area (Å²) in [5, 5.41) is 2.51. The molecule has 1 fully saturated rings. The van der Waals surface area contributed by atoms with Gasteiger partial charge >= 0.3 is 0 Å².